The summed E-state index contributed by atoms with van der Waals surface area (Å²) < 4.78 is 16.3. The lowest BCUT2D eigenvalue weighted by molar-refractivity contribution is -0.167. The Morgan fingerprint density at radius 2 is 0.805 bits per heavy atom. The summed E-state index contributed by atoms with van der Waals surface area (Å²) in [5, 5.41) is 0. The third-order valence-corrected chi connectivity index (χ3v) is 7.27. The molecule has 0 amide bonds. The summed E-state index contributed by atoms with van der Waals surface area (Å²) in [5.74, 6) is -0.917. The van der Waals surface area contributed by atoms with Crippen LogP contribution in [0.25, 0.3) is 0 Å². The summed E-state index contributed by atoms with van der Waals surface area (Å²) in [6, 6.07) is 0. The Hall–Kier alpha value is -1.85. The smallest absolute Gasteiger partial charge is 0.306 e. The SMILES string of the molecule is CCCCCC/C=C\CCCCCCCC(=O)OCC(COC(=O)CCCCCCC)OC(=O)CCCCCCC. The Bertz CT molecular complexity index is 645. The molecule has 0 aliphatic heterocycles. The molecule has 0 aromatic rings. The maximum atomic E-state index is 12.3. The van der Waals surface area contributed by atoms with Gasteiger partial charge < -0.3 is 14.2 Å². The van der Waals surface area contributed by atoms with Gasteiger partial charge in [-0.05, 0) is 44.9 Å². The van der Waals surface area contributed by atoms with E-state index < -0.39 is 6.10 Å². The van der Waals surface area contributed by atoms with Gasteiger partial charge in [0.15, 0.2) is 6.10 Å². The molecule has 0 saturated carbocycles. The van der Waals surface area contributed by atoms with Crippen LogP contribution in [-0.2, 0) is 28.6 Å². The summed E-state index contributed by atoms with van der Waals surface area (Å²) in [6.07, 6.45) is 28.2. The van der Waals surface area contributed by atoms with E-state index in [2.05, 4.69) is 32.9 Å². The molecule has 1 unspecified atom stereocenters. The second-order valence-electron chi connectivity index (χ2n) is 11.4. The summed E-state index contributed by atoms with van der Waals surface area (Å²) in [4.78, 5) is 36.8. The fraction of sp³-hybridized carbons (Fsp3) is 0.857. The zero-order valence-electron chi connectivity index (χ0n) is 27.1. The molecule has 6 nitrogen and oxygen atoms in total. The van der Waals surface area contributed by atoms with Crippen LogP contribution in [0.4, 0.5) is 0 Å². The molecule has 0 fully saturated rings. The van der Waals surface area contributed by atoms with Gasteiger partial charge in [-0.2, -0.15) is 0 Å². The second-order valence-corrected chi connectivity index (χ2v) is 11.4. The van der Waals surface area contributed by atoms with Gasteiger partial charge >= 0.3 is 17.9 Å². The van der Waals surface area contributed by atoms with Gasteiger partial charge in [-0.15, -0.1) is 0 Å². The molecule has 41 heavy (non-hydrogen) atoms. The Kier molecular flexibility index (Phi) is 29.7. The molecule has 0 radical (unpaired) electrons. The van der Waals surface area contributed by atoms with E-state index in [1.54, 1.807) is 0 Å². The van der Waals surface area contributed by atoms with Crippen molar-refractivity contribution in [1.29, 1.82) is 0 Å². The molecule has 6 heteroatoms. The zero-order valence-corrected chi connectivity index (χ0v) is 27.1. The molecule has 0 aliphatic carbocycles. The van der Waals surface area contributed by atoms with E-state index in [4.69, 9.17) is 14.2 Å². The number of rotatable bonds is 30. The summed E-state index contributed by atoms with van der Waals surface area (Å²) >= 11 is 0. The van der Waals surface area contributed by atoms with Crippen LogP contribution in [-0.4, -0.2) is 37.2 Å². The minimum Gasteiger partial charge on any atom is -0.462 e. The largest absolute Gasteiger partial charge is 0.462 e. The molecule has 0 spiro atoms. The average molecular weight is 581 g/mol. The van der Waals surface area contributed by atoms with Crippen molar-refractivity contribution in [3.63, 3.8) is 0 Å². The van der Waals surface area contributed by atoms with Gasteiger partial charge in [0, 0.05) is 19.3 Å². The topological polar surface area (TPSA) is 78.9 Å². The van der Waals surface area contributed by atoms with E-state index in [9.17, 15) is 14.4 Å². The summed E-state index contributed by atoms with van der Waals surface area (Å²) in [7, 11) is 0. The van der Waals surface area contributed by atoms with E-state index in [1.165, 1.54) is 57.8 Å². The van der Waals surface area contributed by atoms with Gasteiger partial charge in [-0.25, -0.2) is 0 Å². The third-order valence-electron chi connectivity index (χ3n) is 7.27. The molecular weight excluding hydrogens is 516 g/mol. The molecule has 0 N–H and O–H groups in total. The van der Waals surface area contributed by atoms with Crippen LogP contribution >= 0.6 is 0 Å². The highest BCUT2D eigenvalue weighted by molar-refractivity contribution is 5.71. The first-order valence-corrected chi connectivity index (χ1v) is 17.2. The highest BCUT2D eigenvalue weighted by Crippen LogP contribution is 2.12. The number of hydrogen-bond donors (Lipinski definition) is 0. The quantitative estimate of drug-likeness (QED) is 0.0364. The predicted molar refractivity (Wildman–Crippen MR) is 169 cm³/mol. The van der Waals surface area contributed by atoms with Crippen LogP contribution in [0.15, 0.2) is 12.2 Å². The first-order valence-electron chi connectivity index (χ1n) is 17.2. The molecule has 240 valence electrons. The normalized spacial score (nSPS) is 12.0. The van der Waals surface area contributed by atoms with Crippen molar-refractivity contribution < 1.29 is 28.6 Å². The monoisotopic (exact) mass is 580 g/mol. The van der Waals surface area contributed by atoms with Crippen molar-refractivity contribution in [3.8, 4) is 0 Å². The van der Waals surface area contributed by atoms with Crippen LogP contribution < -0.4 is 0 Å². The fourth-order valence-corrected chi connectivity index (χ4v) is 4.61. The van der Waals surface area contributed by atoms with Gasteiger partial charge in [0.1, 0.15) is 13.2 Å². The molecule has 0 heterocycles. The lowest BCUT2D eigenvalue weighted by Gasteiger charge is -2.18. The van der Waals surface area contributed by atoms with E-state index in [0.29, 0.717) is 19.3 Å². The van der Waals surface area contributed by atoms with Crippen LogP contribution in [0.1, 0.15) is 175 Å². The Balaban J connectivity index is 4.22. The number of carbonyl (C=O) groups excluding carboxylic acids is 3. The van der Waals surface area contributed by atoms with Gasteiger partial charge in [0.05, 0.1) is 0 Å². The maximum absolute atomic E-state index is 12.3. The lowest BCUT2D eigenvalue weighted by atomic mass is 10.1. The molecule has 0 aliphatic rings. The first-order chi connectivity index (χ1) is 20.0. The molecule has 0 aromatic heterocycles. The van der Waals surface area contributed by atoms with Crippen molar-refractivity contribution in [2.45, 2.75) is 181 Å². The molecular formula is C35H64O6. The minimum absolute atomic E-state index is 0.0736. The van der Waals surface area contributed by atoms with Crippen molar-refractivity contribution >= 4 is 17.9 Å². The maximum Gasteiger partial charge on any atom is 0.306 e. The van der Waals surface area contributed by atoms with E-state index in [1.807, 2.05) is 0 Å². The first kappa shape index (κ1) is 39.1. The molecule has 0 bridgehead atoms. The number of carbonyl (C=O) groups is 3. The highest BCUT2D eigenvalue weighted by Gasteiger charge is 2.19. The van der Waals surface area contributed by atoms with Crippen LogP contribution in [0.3, 0.4) is 0 Å². The highest BCUT2D eigenvalue weighted by atomic mass is 16.6. The summed E-state index contributed by atoms with van der Waals surface area (Å²) in [5.41, 5.74) is 0. The van der Waals surface area contributed by atoms with Gasteiger partial charge in [-0.1, -0.05) is 123 Å². The van der Waals surface area contributed by atoms with E-state index >= 15 is 0 Å². The number of allylic oxidation sites excluding steroid dienone is 2. The van der Waals surface area contributed by atoms with Crippen molar-refractivity contribution in [3.05, 3.63) is 12.2 Å². The van der Waals surface area contributed by atoms with Crippen molar-refractivity contribution in [2.75, 3.05) is 13.2 Å². The van der Waals surface area contributed by atoms with Crippen LogP contribution in [0.5, 0.6) is 0 Å². The van der Waals surface area contributed by atoms with E-state index in [0.717, 1.165) is 77.0 Å². The molecule has 0 aromatic carbocycles. The Labute approximate surface area is 252 Å². The van der Waals surface area contributed by atoms with Gasteiger partial charge in [-0.3, -0.25) is 14.4 Å². The second kappa shape index (κ2) is 31.1. The number of unbranched alkanes of at least 4 members (excludes halogenated alkanes) is 17. The van der Waals surface area contributed by atoms with Gasteiger partial charge in [0.2, 0.25) is 0 Å². The summed E-state index contributed by atoms with van der Waals surface area (Å²) in [6.45, 7) is 6.41. The number of ether oxygens (including phenoxy) is 3. The number of esters is 3. The van der Waals surface area contributed by atoms with Crippen molar-refractivity contribution in [1.82, 2.24) is 0 Å². The minimum atomic E-state index is -0.758. The Morgan fingerprint density at radius 3 is 1.24 bits per heavy atom. The van der Waals surface area contributed by atoms with Crippen molar-refractivity contribution in [2.24, 2.45) is 0 Å². The third kappa shape index (κ3) is 29.4. The fourth-order valence-electron chi connectivity index (χ4n) is 4.61. The lowest BCUT2D eigenvalue weighted by Crippen LogP contribution is -2.30. The van der Waals surface area contributed by atoms with Crippen LogP contribution in [0, 0.1) is 0 Å². The zero-order chi connectivity index (χ0) is 30.2. The predicted octanol–water partition coefficient (Wildman–Crippen LogP) is 9.96. The standard InChI is InChI=1S/C35H64O6/c1-4-7-10-13-14-15-16-17-18-19-20-23-25-28-34(37)40-31-32(41-35(38)29-26-22-12-9-6-3)30-39-33(36)27-24-21-11-8-5-2/h15-16,32H,4-14,17-31H2,1-3H3/b16-15-. The molecule has 1 atom stereocenters. The van der Waals surface area contributed by atoms with Crippen LogP contribution in [0.2, 0.25) is 0 Å². The van der Waals surface area contributed by atoms with Gasteiger partial charge in [0.25, 0.3) is 0 Å². The van der Waals surface area contributed by atoms with E-state index in [-0.39, 0.29) is 31.1 Å². The molecule has 0 saturated heterocycles. The average Bonchev–Trinajstić information content (AvgIpc) is 2.96. The number of hydrogen-bond acceptors (Lipinski definition) is 6. The Morgan fingerprint density at radius 1 is 0.463 bits per heavy atom. The molecule has 0 rings (SSSR count).